The second kappa shape index (κ2) is 7.25. The van der Waals surface area contributed by atoms with Crippen molar-refractivity contribution in [2.45, 2.75) is 32.7 Å². The Morgan fingerprint density at radius 3 is 2.55 bits per heavy atom. The lowest BCUT2D eigenvalue weighted by atomic mass is 10.0. The first kappa shape index (κ1) is 16.3. The number of likely N-dealkylation sites (tertiary alicyclic amines) is 1. The van der Waals surface area contributed by atoms with Crippen molar-refractivity contribution in [2.75, 3.05) is 13.6 Å². The standard InChI is InChI=1S/C18H24N2O2/c1-13(2)16-5-4-12-20(16)17(21)11-8-14-6-9-15(10-7-14)18(22)19-3/h6-11,13,16H,4-5,12H2,1-3H3,(H,19,22)/b11-8+. The van der Waals surface area contributed by atoms with Crippen LogP contribution in [0, 0.1) is 5.92 Å². The van der Waals surface area contributed by atoms with Gasteiger partial charge in [0.25, 0.3) is 5.91 Å². The SMILES string of the molecule is CNC(=O)c1ccc(/C=C/C(=O)N2CCCC2C(C)C)cc1. The van der Waals surface area contributed by atoms with Crippen LogP contribution in [0.15, 0.2) is 30.3 Å². The Kier molecular flexibility index (Phi) is 5.36. The average Bonchev–Trinajstić information content (AvgIpc) is 3.02. The van der Waals surface area contributed by atoms with Crippen molar-refractivity contribution in [1.29, 1.82) is 0 Å². The maximum absolute atomic E-state index is 12.3. The molecular formula is C18H24N2O2. The third-order valence-electron chi connectivity index (χ3n) is 4.17. The van der Waals surface area contributed by atoms with E-state index in [2.05, 4.69) is 19.2 Å². The van der Waals surface area contributed by atoms with E-state index in [4.69, 9.17) is 0 Å². The Hall–Kier alpha value is -2.10. The summed E-state index contributed by atoms with van der Waals surface area (Å²) in [6, 6.07) is 7.56. The van der Waals surface area contributed by atoms with Crippen LogP contribution < -0.4 is 5.32 Å². The Balaban J connectivity index is 2.02. The van der Waals surface area contributed by atoms with Gasteiger partial charge in [0, 0.05) is 31.3 Å². The average molecular weight is 300 g/mol. The molecule has 1 unspecified atom stereocenters. The third-order valence-corrected chi connectivity index (χ3v) is 4.17. The maximum atomic E-state index is 12.3. The number of carbonyl (C=O) groups excluding carboxylic acids is 2. The van der Waals surface area contributed by atoms with Gasteiger partial charge in [-0.2, -0.15) is 0 Å². The van der Waals surface area contributed by atoms with Gasteiger partial charge in [-0.1, -0.05) is 26.0 Å². The first-order valence-corrected chi connectivity index (χ1v) is 7.83. The summed E-state index contributed by atoms with van der Waals surface area (Å²) in [4.78, 5) is 25.8. The van der Waals surface area contributed by atoms with Crippen LogP contribution >= 0.6 is 0 Å². The molecule has 1 atom stereocenters. The molecule has 0 radical (unpaired) electrons. The Labute approximate surface area is 132 Å². The molecule has 1 heterocycles. The number of hydrogen-bond acceptors (Lipinski definition) is 2. The summed E-state index contributed by atoms with van der Waals surface area (Å²) in [6.07, 6.45) is 5.63. The highest BCUT2D eigenvalue weighted by Gasteiger charge is 2.29. The molecule has 1 aliphatic heterocycles. The highest BCUT2D eigenvalue weighted by Crippen LogP contribution is 2.24. The van der Waals surface area contributed by atoms with E-state index in [1.54, 1.807) is 25.3 Å². The third kappa shape index (κ3) is 3.75. The first-order chi connectivity index (χ1) is 10.5. The van der Waals surface area contributed by atoms with Gasteiger partial charge >= 0.3 is 0 Å². The monoisotopic (exact) mass is 300 g/mol. The fraction of sp³-hybridized carbons (Fsp3) is 0.444. The molecule has 1 N–H and O–H groups in total. The van der Waals surface area contributed by atoms with E-state index in [0.29, 0.717) is 17.5 Å². The number of benzene rings is 1. The summed E-state index contributed by atoms with van der Waals surface area (Å²) in [5.41, 5.74) is 1.53. The van der Waals surface area contributed by atoms with E-state index in [9.17, 15) is 9.59 Å². The van der Waals surface area contributed by atoms with Crippen molar-refractivity contribution in [2.24, 2.45) is 5.92 Å². The fourth-order valence-electron chi connectivity index (χ4n) is 2.91. The number of amides is 2. The van der Waals surface area contributed by atoms with Crippen molar-refractivity contribution in [3.05, 3.63) is 41.5 Å². The van der Waals surface area contributed by atoms with Gasteiger partial charge in [-0.3, -0.25) is 9.59 Å². The molecule has 1 aliphatic rings. The van der Waals surface area contributed by atoms with Crippen molar-refractivity contribution < 1.29 is 9.59 Å². The van der Waals surface area contributed by atoms with E-state index < -0.39 is 0 Å². The van der Waals surface area contributed by atoms with Gasteiger partial charge in [-0.05, 0) is 42.5 Å². The van der Waals surface area contributed by atoms with Crippen LogP contribution in [-0.4, -0.2) is 36.3 Å². The second-order valence-electron chi connectivity index (χ2n) is 6.02. The molecule has 0 aliphatic carbocycles. The zero-order valence-corrected chi connectivity index (χ0v) is 13.5. The molecule has 1 aromatic carbocycles. The van der Waals surface area contributed by atoms with Crippen molar-refractivity contribution in [3.8, 4) is 0 Å². The summed E-state index contributed by atoms with van der Waals surface area (Å²) in [5, 5.41) is 2.59. The number of rotatable bonds is 4. The summed E-state index contributed by atoms with van der Waals surface area (Å²) < 4.78 is 0. The van der Waals surface area contributed by atoms with Crippen LogP contribution in [0.3, 0.4) is 0 Å². The quantitative estimate of drug-likeness (QED) is 0.869. The molecule has 4 nitrogen and oxygen atoms in total. The highest BCUT2D eigenvalue weighted by molar-refractivity contribution is 5.95. The van der Waals surface area contributed by atoms with Gasteiger partial charge in [0.05, 0.1) is 0 Å². The van der Waals surface area contributed by atoms with E-state index in [1.165, 1.54) is 0 Å². The molecule has 1 saturated heterocycles. The van der Waals surface area contributed by atoms with Crippen LogP contribution in [0.25, 0.3) is 6.08 Å². The maximum Gasteiger partial charge on any atom is 0.251 e. The van der Waals surface area contributed by atoms with Crippen molar-refractivity contribution in [3.63, 3.8) is 0 Å². The molecule has 0 bridgehead atoms. The fourth-order valence-corrected chi connectivity index (χ4v) is 2.91. The van der Waals surface area contributed by atoms with E-state index in [1.807, 2.05) is 23.1 Å². The summed E-state index contributed by atoms with van der Waals surface area (Å²) in [5.74, 6) is 0.460. The molecular weight excluding hydrogens is 276 g/mol. The number of carbonyl (C=O) groups is 2. The van der Waals surface area contributed by atoms with E-state index in [-0.39, 0.29) is 11.8 Å². The Morgan fingerprint density at radius 2 is 1.95 bits per heavy atom. The lowest BCUT2D eigenvalue weighted by Crippen LogP contribution is -2.37. The minimum atomic E-state index is -0.108. The zero-order chi connectivity index (χ0) is 16.1. The first-order valence-electron chi connectivity index (χ1n) is 7.83. The Bertz CT molecular complexity index is 561. The molecule has 1 aromatic rings. The van der Waals surface area contributed by atoms with Crippen molar-refractivity contribution >= 4 is 17.9 Å². The summed E-state index contributed by atoms with van der Waals surface area (Å²) in [6.45, 7) is 5.18. The number of nitrogens with one attached hydrogen (secondary N) is 1. The van der Waals surface area contributed by atoms with Gasteiger partial charge in [-0.25, -0.2) is 0 Å². The van der Waals surface area contributed by atoms with Crippen LogP contribution in [-0.2, 0) is 4.79 Å². The minimum absolute atomic E-state index is 0.0755. The lowest BCUT2D eigenvalue weighted by Gasteiger charge is -2.26. The normalized spacial score (nSPS) is 18.2. The second-order valence-corrected chi connectivity index (χ2v) is 6.02. The molecule has 0 spiro atoms. The van der Waals surface area contributed by atoms with Gasteiger partial charge in [0.1, 0.15) is 0 Å². The predicted octanol–water partition coefficient (Wildman–Crippen LogP) is 2.71. The van der Waals surface area contributed by atoms with Crippen LogP contribution in [0.2, 0.25) is 0 Å². The number of nitrogens with zero attached hydrogens (tertiary/aromatic N) is 1. The molecule has 4 heteroatoms. The largest absolute Gasteiger partial charge is 0.355 e. The predicted molar refractivity (Wildman–Crippen MR) is 88.4 cm³/mol. The van der Waals surface area contributed by atoms with Gasteiger partial charge < -0.3 is 10.2 Å². The van der Waals surface area contributed by atoms with Crippen LogP contribution in [0.4, 0.5) is 0 Å². The van der Waals surface area contributed by atoms with Crippen LogP contribution in [0.1, 0.15) is 42.6 Å². The molecule has 0 aromatic heterocycles. The molecule has 2 rings (SSSR count). The molecule has 1 fully saturated rings. The van der Waals surface area contributed by atoms with Gasteiger partial charge in [-0.15, -0.1) is 0 Å². The smallest absolute Gasteiger partial charge is 0.251 e. The van der Waals surface area contributed by atoms with Crippen LogP contribution in [0.5, 0.6) is 0 Å². The molecule has 118 valence electrons. The molecule has 22 heavy (non-hydrogen) atoms. The van der Waals surface area contributed by atoms with Crippen molar-refractivity contribution in [1.82, 2.24) is 10.2 Å². The molecule has 2 amide bonds. The lowest BCUT2D eigenvalue weighted by molar-refractivity contribution is -0.127. The summed E-state index contributed by atoms with van der Waals surface area (Å²) in [7, 11) is 1.61. The number of hydrogen-bond donors (Lipinski definition) is 1. The van der Waals surface area contributed by atoms with E-state index in [0.717, 1.165) is 24.9 Å². The van der Waals surface area contributed by atoms with E-state index >= 15 is 0 Å². The zero-order valence-electron chi connectivity index (χ0n) is 13.5. The van der Waals surface area contributed by atoms with Gasteiger partial charge in [0.15, 0.2) is 0 Å². The molecule has 0 saturated carbocycles. The minimum Gasteiger partial charge on any atom is -0.355 e. The van der Waals surface area contributed by atoms with Gasteiger partial charge in [0.2, 0.25) is 5.91 Å². The Morgan fingerprint density at radius 1 is 1.27 bits per heavy atom. The topological polar surface area (TPSA) is 49.4 Å². The summed E-state index contributed by atoms with van der Waals surface area (Å²) >= 11 is 0. The highest BCUT2D eigenvalue weighted by atomic mass is 16.2.